The van der Waals surface area contributed by atoms with E-state index in [9.17, 15) is 9.90 Å². The van der Waals surface area contributed by atoms with Gasteiger partial charge < -0.3 is 35.1 Å². The second-order valence-corrected chi connectivity index (χ2v) is 9.08. The Kier molecular flexibility index (Phi) is 6.55. The summed E-state index contributed by atoms with van der Waals surface area (Å²) in [5.74, 6) is 0.837. The molecule has 1 aromatic heterocycles. The number of anilines is 1. The first-order valence-electron chi connectivity index (χ1n) is 11.5. The van der Waals surface area contributed by atoms with Crippen molar-refractivity contribution in [3.8, 4) is 5.75 Å². The topological polar surface area (TPSA) is 112 Å². The van der Waals surface area contributed by atoms with Crippen molar-refractivity contribution >= 4 is 39.8 Å². The van der Waals surface area contributed by atoms with Crippen molar-refractivity contribution in [3.05, 3.63) is 58.0 Å². The van der Waals surface area contributed by atoms with Gasteiger partial charge in [-0.3, -0.25) is 4.79 Å². The number of H-pyrrole nitrogens is 1. The van der Waals surface area contributed by atoms with Crippen molar-refractivity contribution < 1.29 is 19.4 Å². The Balaban J connectivity index is 1.39. The lowest BCUT2D eigenvalue weighted by Crippen LogP contribution is -2.36. The number of morpholine rings is 1. The number of methoxy groups -OCH3 is 1. The predicted molar refractivity (Wildman–Crippen MR) is 135 cm³/mol. The summed E-state index contributed by atoms with van der Waals surface area (Å²) in [6.07, 6.45) is -0.822. The Morgan fingerprint density at radius 2 is 2.09 bits per heavy atom. The second kappa shape index (κ2) is 9.77. The molecule has 1 fully saturated rings. The standard InChI is InChI=1S/C25H28ClN5O4/c1-14-9-16(31-5-7-35-8-6-31)11-18-23(14)30-24(29-18)22-19(12-28-25(22)33)27-13-20(32)15-3-4-21(34-2)17(26)10-15/h3-4,9-11,20,27,32H,5-8,12-13H2,1-2H3,(H,28,33)(H,29,30)/t20-/m1/s1. The van der Waals surface area contributed by atoms with Crippen LogP contribution in [0.25, 0.3) is 16.6 Å². The fourth-order valence-electron chi connectivity index (χ4n) is 4.51. The highest BCUT2D eigenvalue weighted by Gasteiger charge is 2.28. The number of aromatic amines is 1. The Morgan fingerprint density at radius 3 is 2.83 bits per heavy atom. The Morgan fingerprint density at radius 1 is 1.29 bits per heavy atom. The normalized spacial score (nSPS) is 17.1. The molecule has 0 aliphatic carbocycles. The van der Waals surface area contributed by atoms with Crippen LogP contribution >= 0.6 is 11.6 Å². The van der Waals surface area contributed by atoms with Gasteiger partial charge in [-0.2, -0.15) is 0 Å². The number of benzene rings is 2. The third-order valence-electron chi connectivity index (χ3n) is 6.40. The van der Waals surface area contributed by atoms with Crippen LogP contribution in [0.3, 0.4) is 0 Å². The molecule has 0 unspecified atom stereocenters. The number of ether oxygens (including phenoxy) is 2. The maximum Gasteiger partial charge on any atom is 0.257 e. The number of carbonyl (C=O) groups is 1. The Bertz CT molecular complexity index is 1300. The van der Waals surface area contributed by atoms with E-state index in [1.807, 2.05) is 6.92 Å². The van der Waals surface area contributed by atoms with Gasteiger partial charge in [0.15, 0.2) is 0 Å². The van der Waals surface area contributed by atoms with Crippen molar-refractivity contribution in [3.63, 3.8) is 0 Å². The molecule has 9 nitrogen and oxygen atoms in total. The molecule has 0 radical (unpaired) electrons. The van der Waals surface area contributed by atoms with Crippen LogP contribution in [0.15, 0.2) is 36.0 Å². The highest BCUT2D eigenvalue weighted by molar-refractivity contribution is 6.32. The number of nitrogens with one attached hydrogen (secondary N) is 3. The number of aromatic nitrogens is 2. The van der Waals surface area contributed by atoms with Gasteiger partial charge in [-0.25, -0.2) is 4.98 Å². The number of aryl methyl sites for hydroxylation is 1. The molecule has 2 aromatic carbocycles. The van der Waals surface area contributed by atoms with Gasteiger partial charge in [-0.1, -0.05) is 17.7 Å². The molecule has 1 saturated heterocycles. The molecule has 0 bridgehead atoms. The molecule has 1 amide bonds. The molecular formula is C25H28ClN5O4. The summed E-state index contributed by atoms with van der Waals surface area (Å²) in [6.45, 7) is 5.67. The highest BCUT2D eigenvalue weighted by Crippen LogP contribution is 2.30. The molecule has 3 aromatic rings. The van der Waals surface area contributed by atoms with Crippen LogP contribution in [0.1, 0.15) is 23.1 Å². The number of halogens is 1. The summed E-state index contributed by atoms with van der Waals surface area (Å²) in [5.41, 5.74) is 5.63. The van der Waals surface area contributed by atoms with Crippen LogP contribution in [0.4, 0.5) is 5.69 Å². The van der Waals surface area contributed by atoms with E-state index in [2.05, 4.69) is 32.7 Å². The van der Waals surface area contributed by atoms with E-state index in [0.717, 1.165) is 35.4 Å². The number of fused-ring (bicyclic) bond motifs is 1. The molecule has 10 heteroatoms. The Hall–Kier alpha value is -3.27. The lowest BCUT2D eigenvalue weighted by molar-refractivity contribution is -0.114. The molecule has 4 N–H and O–H groups in total. The van der Waals surface area contributed by atoms with Crippen LogP contribution in [0.2, 0.25) is 5.02 Å². The van der Waals surface area contributed by atoms with E-state index in [4.69, 9.17) is 26.1 Å². The van der Waals surface area contributed by atoms with E-state index in [1.54, 1.807) is 25.3 Å². The summed E-state index contributed by atoms with van der Waals surface area (Å²) >= 11 is 6.19. The number of hydrogen-bond donors (Lipinski definition) is 4. The van der Waals surface area contributed by atoms with Crippen LogP contribution in [-0.4, -0.2) is 67.5 Å². The summed E-state index contributed by atoms with van der Waals surface area (Å²) in [7, 11) is 1.54. The van der Waals surface area contributed by atoms with Gasteiger partial charge >= 0.3 is 0 Å². The highest BCUT2D eigenvalue weighted by atomic mass is 35.5. The number of rotatable bonds is 7. The van der Waals surface area contributed by atoms with Crippen LogP contribution in [0, 0.1) is 6.92 Å². The maximum absolute atomic E-state index is 12.7. The van der Waals surface area contributed by atoms with Gasteiger partial charge in [0, 0.05) is 31.0 Å². The molecule has 35 heavy (non-hydrogen) atoms. The van der Waals surface area contributed by atoms with E-state index >= 15 is 0 Å². The SMILES string of the molecule is COc1ccc([C@H](O)CNC2=C(c3nc4c(C)cc(N5CCOCC5)cc4[nH]3)C(=O)NC2)cc1Cl. The molecule has 2 aliphatic heterocycles. The number of hydrogen-bond acceptors (Lipinski definition) is 7. The predicted octanol–water partition coefficient (Wildman–Crippen LogP) is 2.53. The first-order chi connectivity index (χ1) is 16.9. The van der Waals surface area contributed by atoms with Gasteiger partial charge in [0.05, 0.1) is 49.0 Å². The lowest BCUT2D eigenvalue weighted by Gasteiger charge is -2.29. The summed E-state index contributed by atoms with van der Waals surface area (Å²) in [5, 5.41) is 17.2. The quantitative estimate of drug-likeness (QED) is 0.397. The monoisotopic (exact) mass is 497 g/mol. The van der Waals surface area contributed by atoms with E-state index in [1.165, 1.54) is 0 Å². The molecular weight excluding hydrogens is 470 g/mol. The largest absolute Gasteiger partial charge is 0.495 e. The number of nitrogens with zero attached hydrogens (tertiary/aromatic N) is 2. The molecule has 0 saturated carbocycles. The van der Waals surface area contributed by atoms with Gasteiger partial charge in [0.1, 0.15) is 17.1 Å². The van der Waals surface area contributed by atoms with Crippen molar-refractivity contribution in [1.29, 1.82) is 0 Å². The molecule has 184 valence electrons. The van der Waals surface area contributed by atoms with Gasteiger partial charge in [-0.05, 0) is 42.3 Å². The minimum atomic E-state index is -0.822. The van der Waals surface area contributed by atoms with Crippen molar-refractivity contribution in [2.24, 2.45) is 0 Å². The van der Waals surface area contributed by atoms with Crippen molar-refractivity contribution in [2.45, 2.75) is 13.0 Å². The van der Waals surface area contributed by atoms with Crippen LogP contribution in [0.5, 0.6) is 5.75 Å². The van der Waals surface area contributed by atoms with Gasteiger partial charge in [0.2, 0.25) is 0 Å². The minimum absolute atomic E-state index is 0.205. The van der Waals surface area contributed by atoms with Gasteiger partial charge in [-0.15, -0.1) is 0 Å². The van der Waals surface area contributed by atoms with E-state index in [-0.39, 0.29) is 12.5 Å². The van der Waals surface area contributed by atoms with E-state index < -0.39 is 6.10 Å². The minimum Gasteiger partial charge on any atom is -0.495 e. The smallest absolute Gasteiger partial charge is 0.257 e. The van der Waals surface area contributed by atoms with E-state index in [0.29, 0.717) is 53.2 Å². The maximum atomic E-state index is 12.7. The average Bonchev–Trinajstić information content (AvgIpc) is 3.46. The fourth-order valence-corrected chi connectivity index (χ4v) is 4.77. The van der Waals surface area contributed by atoms with Crippen molar-refractivity contribution in [1.82, 2.24) is 20.6 Å². The third kappa shape index (κ3) is 4.67. The molecule has 5 rings (SSSR count). The van der Waals surface area contributed by atoms with Crippen molar-refractivity contribution in [2.75, 3.05) is 51.4 Å². The first kappa shape index (κ1) is 23.5. The fraction of sp³-hybridized carbons (Fsp3) is 0.360. The number of amides is 1. The third-order valence-corrected chi connectivity index (χ3v) is 6.69. The number of aliphatic hydroxyl groups is 1. The summed E-state index contributed by atoms with van der Waals surface area (Å²) in [4.78, 5) is 23.1. The van der Waals surface area contributed by atoms with Crippen LogP contribution < -0.4 is 20.3 Å². The zero-order chi connectivity index (χ0) is 24.5. The molecule has 1 atom stereocenters. The number of aliphatic hydroxyl groups excluding tert-OH is 1. The molecule has 3 heterocycles. The van der Waals surface area contributed by atoms with Crippen LogP contribution in [-0.2, 0) is 9.53 Å². The zero-order valence-corrected chi connectivity index (χ0v) is 20.4. The number of carbonyl (C=O) groups excluding carboxylic acids is 1. The number of imidazole rings is 1. The Labute approximate surface area is 208 Å². The molecule has 0 spiro atoms. The second-order valence-electron chi connectivity index (χ2n) is 8.67. The zero-order valence-electron chi connectivity index (χ0n) is 19.7. The summed E-state index contributed by atoms with van der Waals surface area (Å²) < 4.78 is 10.6. The van der Waals surface area contributed by atoms with Gasteiger partial charge in [0.25, 0.3) is 5.91 Å². The first-order valence-corrected chi connectivity index (χ1v) is 11.9. The molecule has 2 aliphatic rings. The average molecular weight is 498 g/mol. The summed E-state index contributed by atoms with van der Waals surface area (Å²) in [6, 6.07) is 9.35. The lowest BCUT2D eigenvalue weighted by atomic mass is 10.1.